The maximum atomic E-state index is 12.2. The number of amides is 1. The largest absolute Gasteiger partial charge is 0.467 e. The van der Waals surface area contributed by atoms with Gasteiger partial charge >= 0.3 is 5.97 Å². The Morgan fingerprint density at radius 2 is 2.05 bits per heavy atom. The zero-order valence-corrected chi connectivity index (χ0v) is 13.5. The van der Waals surface area contributed by atoms with E-state index in [4.69, 9.17) is 4.74 Å². The van der Waals surface area contributed by atoms with Gasteiger partial charge in [-0.25, -0.2) is 4.79 Å². The minimum Gasteiger partial charge on any atom is -0.467 e. The predicted molar refractivity (Wildman–Crippen MR) is 87.0 cm³/mol. The van der Waals surface area contributed by atoms with E-state index in [9.17, 15) is 9.59 Å². The second-order valence-corrected chi connectivity index (χ2v) is 5.28. The van der Waals surface area contributed by atoms with Gasteiger partial charge in [0.15, 0.2) is 0 Å². The van der Waals surface area contributed by atoms with Gasteiger partial charge in [0, 0.05) is 6.42 Å². The van der Waals surface area contributed by atoms with Crippen molar-refractivity contribution in [2.75, 3.05) is 13.7 Å². The molecule has 1 aliphatic heterocycles. The lowest BCUT2D eigenvalue weighted by Gasteiger charge is -2.25. The Morgan fingerprint density at radius 3 is 2.64 bits per heavy atom. The Hall–Kier alpha value is -1.59. The molecule has 22 heavy (non-hydrogen) atoms. The van der Waals surface area contributed by atoms with E-state index >= 15 is 0 Å². The summed E-state index contributed by atoms with van der Waals surface area (Å²) in [4.78, 5) is 24.1. The first-order chi connectivity index (χ1) is 10.2. The molecule has 2 N–H and O–H groups in total. The van der Waals surface area contributed by atoms with Crippen LogP contribution in [0.25, 0.3) is 0 Å². The lowest BCUT2D eigenvalue weighted by Crippen LogP contribution is -2.52. The smallest absolute Gasteiger partial charge is 0.328 e. The number of halogens is 1. The number of benzene rings is 1. The van der Waals surface area contributed by atoms with Crippen molar-refractivity contribution < 1.29 is 14.3 Å². The monoisotopic (exact) mass is 326 g/mol. The van der Waals surface area contributed by atoms with Crippen LogP contribution in [0.2, 0.25) is 0 Å². The van der Waals surface area contributed by atoms with Gasteiger partial charge in [0.25, 0.3) is 0 Å². The van der Waals surface area contributed by atoms with Gasteiger partial charge in [0.1, 0.15) is 6.04 Å². The molecule has 5 nitrogen and oxygen atoms in total. The number of piperidine rings is 1. The first-order valence-corrected chi connectivity index (χ1v) is 7.36. The van der Waals surface area contributed by atoms with Crippen LogP contribution in [0.3, 0.4) is 0 Å². The molecule has 2 atom stereocenters. The molecule has 122 valence electrons. The zero-order chi connectivity index (χ0) is 15.1. The van der Waals surface area contributed by atoms with E-state index in [1.165, 1.54) is 7.11 Å². The number of methoxy groups -OCH3 is 1. The minimum absolute atomic E-state index is 0. The Kier molecular flexibility index (Phi) is 7.91. The van der Waals surface area contributed by atoms with Crippen molar-refractivity contribution in [1.82, 2.24) is 10.6 Å². The van der Waals surface area contributed by atoms with Gasteiger partial charge in [0.2, 0.25) is 5.91 Å². The summed E-state index contributed by atoms with van der Waals surface area (Å²) in [5.41, 5.74) is 0.991. The van der Waals surface area contributed by atoms with Gasteiger partial charge < -0.3 is 15.4 Å². The van der Waals surface area contributed by atoms with Gasteiger partial charge in [-0.1, -0.05) is 36.8 Å². The molecule has 1 heterocycles. The summed E-state index contributed by atoms with van der Waals surface area (Å²) in [6.45, 7) is 0.847. The standard InChI is InChI=1S/C16H22N2O3.ClH/c1-21-16(20)14(11-12-7-3-2-4-8-12)18-15(19)13-9-5-6-10-17-13;/h2-4,7-8,13-14,17H,5-6,9-11H2,1H3,(H,18,19);1H/t13-,14?;/m0./s1. The number of carbonyl (C=O) groups is 2. The van der Waals surface area contributed by atoms with Crippen molar-refractivity contribution in [1.29, 1.82) is 0 Å². The van der Waals surface area contributed by atoms with Crippen molar-refractivity contribution in [3.05, 3.63) is 35.9 Å². The molecule has 1 amide bonds. The Bertz CT molecular complexity index is 476. The molecule has 1 unspecified atom stereocenters. The summed E-state index contributed by atoms with van der Waals surface area (Å²) in [7, 11) is 1.34. The number of carbonyl (C=O) groups excluding carboxylic acids is 2. The first-order valence-electron chi connectivity index (χ1n) is 7.36. The van der Waals surface area contributed by atoms with Gasteiger partial charge in [-0.2, -0.15) is 0 Å². The second-order valence-electron chi connectivity index (χ2n) is 5.28. The summed E-state index contributed by atoms with van der Waals surface area (Å²) >= 11 is 0. The first kappa shape index (κ1) is 18.5. The highest BCUT2D eigenvalue weighted by atomic mass is 35.5. The third kappa shape index (κ3) is 5.31. The van der Waals surface area contributed by atoms with Gasteiger partial charge in [-0.05, 0) is 24.9 Å². The third-order valence-electron chi connectivity index (χ3n) is 3.71. The van der Waals surface area contributed by atoms with E-state index < -0.39 is 12.0 Å². The number of hydrogen-bond donors (Lipinski definition) is 2. The van der Waals surface area contributed by atoms with Crippen LogP contribution in [0.15, 0.2) is 30.3 Å². The average molecular weight is 327 g/mol. The summed E-state index contributed by atoms with van der Waals surface area (Å²) in [5, 5.41) is 5.99. The van der Waals surface area contributed by atoms with Crippen LogP contribution in [-0.2, 0) is 20.7 Å². The highest BCUT2D eigenvalue weighted by Gasteiger charge is 2.27. The van der Waals surface area contributed by atoms with Crippen molar-refractivity contribution in [3.63, 3.8) is 0 Å². The number of hydrogen-bond acceptors (Lipinski definition) is 4. The fourth-order valence-corrected chi connectivity index (χ4v) is 2.53. The molecule has 0 radical (unpaired) electrons. The van der Waals surface area contributed by atoms with E-state index in [2.05, 4.69) is 10.6 Å². The molecule has 0 aromatic heterocycles. The molecule has 0 bridgehead atoms. The summed E-state index contributed by atoms with van der Waals surface area (Å²) in [6, 6.07) is 8.75. The van der Waals surface area contributed by atoms with Crippen molar-refractivity contribution in [3.8, 4) is 0 Å². The zero-order valence-electron chi connectivity index (χ0n) is 12.7. The van der Waals surface area contributed by atoms with Crippen LogP contribution in [0.4, 0.5) is 0 Å². The van der Waals surface area contributed by atoms with Crippen molar-refractivity contribution >= 4 is 24.3 Å². The minimum atomic E-state index is -0.645. The molecule has 0 saturated carbocycles. The highest BCUT2D eigenvalue weighted by Crippen LogP contribution is 2.09. The molecule has 0 spiro atoms. The molecule has 1 saturated heterocycles. The highest BCUT2D eigenvalue weighted by molar-refractivity contribution is 5.87. The number of nitrogens with one attached hydrogen (secondary N) is 2. The lowest BCUT2D eigenvalue weighted by atomic mass is 10.0. The molecule has 1 aromatic rings. The second kappa shape index (κ2) is 9.43. The summed E-state index contributed by atoms with van der Waals surface area (Å²) in [6.07, 6.45) is 3.37. The fourth-order valence-electron chi connectivity index (χ4n) is 2.53. The Balaban J connectivity index is 0.00000242. The number of ether oxygens (including phenoxy) is 1. The normalized spacial score (nSPS) is 18.7. The molecule has 2 rings (SSSR count). The summed E-state index contributed by atoms with van der Waals surface area (Å²) in [5.74, 6) is -0.538. The van der Waals surface area contributed by atoms with Crippen molar-refractivity contribution in [2.24, 2.45) is 0 Å². The molecular formula is C16H23ClN2O3. The van der Waals surface area contributed by atoms with E-state index in [0.717, 1.165) is 31.4 Å². The van der Waals surface area contributed by atoms with Crippen LogP contribution < -0.4 is 10.6 Å². The van der Waals surface area contributed by atoms with Crippen LogP contribution in [0.1, 0.15) is 24.8 Å². The molecular weight excluding hydrogens is 304 g/mol. The molecule has 6 heteroatoms. The van der Waals surface area contributed by atoms with E-state index in [1.807, 2.05) is 30.3 Å². The fraction of sp³-hybridized carbons (Fsp3) is 0.500. The van der Waals surface area contributed by atoms with Crippen LogP contribution in [-0.4, -0.2) is 37.6 Å². The van der Waals surface area contributed by atoms with Crippen molar-refractivity contribution in [2.45, 2.75) is 37.8 Å². The van der Waals surface area contributed by atoms with E-state index in [-0.39, 0.29) is 24.4 Å². The molecule has 0 aliphatic carbocycles. The molecule has 1 fully saturated rings. The maximum Gasteiger partial charge on any atom is 0.328 e. The SMILES string of the molecule is COC(=O)C(Cc1ccccc1)NC(=O)[C@@H]1CCCCN1.Cl. The lowest BCUT2D eigenvalue weighted by molar-refractivity contribution is -0.145. The Morgan fingerprint density at radius 1 is 1.32 bits per heavy atom. The third-order valence-corrected chi connectivity index (χ3v) is 3.71. The van der Waals surface area contributed by atoms with E-state index in [0.29, 0.717) is 6.42 Å². The van der Waals surface area contributed by atoms with Crippen LogP contribution in [0.5, 0.6) is 0 Å². The average Bonchev–Trinajstić information content (AvgIpc) is 2.55. The summed E-state index contributed by atoms with van der Waals surface area (Å²) < 4.78 is 4.80. The van der Waals surface area contributed by atoms with Gasteiger partial charge in [0.05, 0.1) is 13.2 Å². The number of rotatable bonds is 5. The topological polar surface area (TPSA) is 67.4 Å². The van der Waals surface area contributed by atoms with Crippen LogP contribution in [0, 0.1) is 0 Å². The molecule has 1 aromatic carbocycles. The Labute approximate surface area is 137 Å². The predicted octanol–water partition coefficient (Wildman–Crippen LogP) is 1.45. The quantitative estimate of drug-likeness (QED) is 0.804. The molecule has 1 aliphatic rings. The van der Waals surface area contributed by atoms with Gasteiger partial charge in [-0.3, -0.25) is 4.79 Å². The maximum absolute atomic E-state index is 12.2. The van der Waals surface area contributed by atoms with Crippen LogP contribution >= 0.6 is 12.4 Å². The van der Waals surface area contributed by atoms with Gasteiger partial charge in [-0.15, -0.1) is 12.4 Å². The number of esters is 1. The van der Waals surface area contributed by atoms with E-state index in [1.54, 1.807) is 0 Å².